The fourth-order valence-electron chi connectivity index (χ4n) is 1.46. The molecule has 0 amide bonds. The summed E-state index contributed by atoms with van der Waals surface area (Å²) in [7, 11) is 0. The summed E-state index contributed by atoms with van der Waals surface area (Å²) in [5.41, 5.74) is 1.65. The molecule has 0 unspecified atom stereocenters. The first-order valence-corrected chi connectivity index (χ1v) is 3.91. The summed E-state index contributed by atoms with van der Waals surface area (Å²) < 4.78 is 13.2. The number of benzene rings is 1. The molecule has 1 heterocycles. The number of aryl methyl sites for hydroxylation is 1. The van der Waals surface area contributed by atoms with Crippen LogP contribution in [0, 0.1) is 24.1 Å². The highest BCUT2D eigenvalue weighted by Crippen LogP contribution is 2.22. The molecule has 0 saturated heterocycles. The minimum atomic E-state index is -0.317. The number of hydrogen-bond donors (Lipinski definition) is 1. The third kappa shape index (κ3) is 0.994. The number of halogens is 1. The first-order chi connectivity index (χ1) is 6.24. The standard InChI is InChI=1S/C10H7FN2/c1-6-8(5-12)7-3-2-4-9(11)10(7)13-6/h2-4,13H,1H3. The second kappa shape index (κ2) is 2.60. The summed E-state index contributed by atoms with van der Waals surface area (Å²) in [4.78, 5) is 2.85. The van der Waals surface area contributed by atoms with Crippen molar-refractivity contribution in [2.75, 3.05) is 0 Å². The lowest BCUT2D eigenvalue weighted by atomic mass is 10.1. The number of aromatic amines is 1. The maximum Gasteiger partial charge on any atom is 0.147 e. The molecule has 2 nitrogen and oxygen atoms in total. The van der Waals surface area contributed by atoms with Crippen molar-refractivity contribution in [1.82, 2.24) is 4.98 Å². The van der Waals surface area contributed by atoms with Crippen molar-refractivity contribution in [2.45, 2.75) is 6.92 Å². The van der Waals surface area contributed by atoms with Gasteiger partial charge < -0.3 is 4.98 Å². The maximum absolute atomic E-state index is 13.2. The molecule has 0 aliphatic rings. The third-order valence-electron chi connectivity index (χ3n) is 2.08. The van der Waals surface area contributed by atoms with Gasteiger partial charge >= 0.3 is 0 Å². The average Bonchev–Trinajstić information content (AvgIpc) is 2.43. The van der Waals surface area contributed by atoms with Crippen molar-refractivity contribution in [2.24, 2.45) is 0 Å². The van der Waals surface area contributed by atoms with Crippen molar-refractivity contribution in [3.63, 3.8) is 0 Å². The maximum atomic E-state index is 13.2. The predicted octanol–water partition coefficient (Wildman–Crippen LogP) is 2.49. The van der Waals surface area contributed by atoms with Gasteiger partial charge in [0.2, 0.25) is 0 Å². The highest BCUT2D eigenvalue weighted by molar-refractivity contribution is 5.87. The van der Waals surface area contributed by atoms with E-state index in [1.807, 2.05) is 6.07 Å². The van der Waals surface area contributed by atoms with E-state index in [-0.39, 0.29) is 5.82 Å². The van der Waals surface area contributed by atoms with Crippen LogP contribution >= 0.6 is 0 Å². The SMILES string of the molecule is Cc1[nH]c2c(F)cccc2c1C#N. The third-order valence-corrected chi connectivity index (χ3v) is 2.08. The molecule has 3 heteroatoms. The molecule has 2 aromatic rings. The second-order valence-corrected chi connectivity index (χ2v) is 2.90. The van der Waals surface area contributed by atoms with Crippen LogP contribution in [0.3, 0.4) is 0 Å². The zero-order valence-corrected chi connectivity index (χ0v) is 7.06. The number of nitrogens with one attached hydrogen (secondary N) is 1. The van der Waals surface area contributed by atoms with E-state index in [4.69, 9.17) is 5.26 Å². The Morgan fingerprint density at radius 1 is 1.46 bits per heavy atom. The van der Waals surface area contributed by atoms with E-state index in [2.05, 4.69) is 4.98 Å². The van der Waals surface area contributed by atoms with Crippen molar-refractivity contribution < 1.29 is 4.39 Å². The summed E-state index contributed by atoms with van der Waals surface area (Å²) in [5.74, 6) is -0.317. The molecule has 0 saturated carbocycles. The molecule has 0 aliphatic carbocycles. The number of fused-ring (bicyclic) bond motifs is 1. The van der Waals surface area contributed by atoms with Crippen LogP contribution in [-0.2, 0) is 0 Å². The Bertz CT molecular complexity index is 505. The Labute approximate surface area is 74.6 Å². The summed E-state index contributed by atoms with van der Waals surface area (Å²) in [6.45, 7) is 1.76. The molecule has 0 fully saturated rings. The normalized spacial score (nSPS) is 10.2. The average molecular weight is 174 g/mol. The fourth-order valence-corrected chi connectivity index (χ4v) is 1.46. The number of H-pyrrole nitrogens is 1. The molecule has 1 N–H and O–H groups in total. The van der Waals surface area contributed by atoms with Gasteiger partial charge in [-0.05, 0) is 13.0 Å². The van der Waals surface area contributed by atoms with Gasteiger partial charge in [0, 0.05) is 11.1 Å². The number of hydrogen-bond acceptors (Lipinski definition) is 1. The van der Waals surface area contributed by atoms with Crippen molar-refractivity contribution in [3.8, 4) is 6.07 Å². The van der Waals surface area contributed by atoms with Crippen LogP contribution in [0.4, 0.5) is 4.39 Å². The first-order valence-electron chi connectivity index (χ1n) is 3.91. The van der Waals surface area contributed by atoms with Crippen LogP contribution in [0.5, 0.6) is 0 Å². The minimum absolute atomic E-state index is 0.317. The summed E-state index contributed by atoms with van der Waals surface area (Å²) >= 11 is 0. The van der Waals surface area contributed by atoms with Gasteiger partial charge in [0.1, 0.15) is 11.9 Å². The summed E-state index contributed by atoms with van der Waals surface area (Å²) in [6.07, 6.45) is 0. The van der Waals surface area contributed by atoms with Crippen LogP contribution in [0.2, 0.25) is 0 Å². The summed E-state index contributed by atoms with van der Waals surface area (Å²) in [5, 5.41) is 9.46. The van der Waals surface area contributed by atoms with Gasteiger partial charge in [-0.3, -0.25) is 0 Å². The van der Waals surface area contributed by atoms with Gasteiger partial charge in [0.25, 0.3) is 0 Å². The van der Waals surface area contributed by atoms with Crippen LogP contribution in [0.15, 0.2) is 18.2 Å². The van der Waals surface area contributed by atoms with E-state index >= 15 is 0 Å². The largest absolute Gasteiger partial charge is 0.355 e. The summed E-state index contributed by atoms with van der Waals surface area (Å²) in [6, 6.07) is 6.76. The zero-order valence-electron chi connectivity index (χ0n) is 7.06. The molecule has 2 rings (SSSR count). The Kier molecular flexibility index (Phi) is 1.56. The second-order valence-electron chi connectivity index (χ2n) is 2.90. The van der Waals surface area contributed by atoms with Gasteiger partial charge in [0.05, 0.1) is 11.1 Å². The van der Waals surface area contributed by atoms with Gasteiger partial charge in [-0.2, -0.15) is 5.26 Å². The predicted molar refractivity (Wildman–Crippen MR) is 47.7 cm³/mol. The highest BCUT2D eigenvalue weighted by Gasteiger charge is 2.09. The van der Waals surface area contributed by atoms with Crippen molar-refractivity contribution in [3.05, 3.63) is 35.3 Å². The molecule has 0 bridgehead atoms. The van der Waals surface area contributed by atoms with Crippen LogP contribution in [0.25, 0.3) is 10.9 Å². The lowest BCUT2D eigenvalue weighted by molar-refractivity contribution is 0.637. The molecule has 0 spiro atoms. The number of para-hydroxylation sites is 1. The number of rotatable bonds is 0. The molecule has 1 aromatic heterocycles. The Balaban J connectivity index is 2.96. The van der Waals surface area contributed by atoms with E-state index < -0.39 is 0 Å². The van der Waals surface area contributed by atoms with Crippen molar-refractivity contribution in [1.29, 1.82) is 5.26 Å². The van der Waals surface area contributed by atoms with Crippen LogP contribution in [-0.4, -0.2) is 4.98 Å². The quantitative estimate of drug-likeness (QED) is 0.654. The molecule has 0 radical (unpaired) electrons. The molecular formula is C10H7FN2. The first kappa shape index (κ1) is 7.81. The van der Waals surface area contributed by atoms with E-state index in [1.54, 1.807) is 19.1 Å². The lowest BCUT2D eigenvalue weighted by Crippen LogP contribution is -1.75. The van der Waals surface area contributed by atoms with Crippen LogP contribution in [0.1, 0.15) is 11.3 Å². The van der Waals surface area contributed by atoms with Gasteiger partial charge in [-0.1, -0.05) is 12.1 Å². The van der Waals surface area contributed by atoms with E-state index in [0.29, 0.717) is 22.2 Å². The van der Waals surface area contributed by atoms with Gasteiger partial charge in [-0.25, -0.2) is 4.39 Å². The fraction of sp³-hybridized carbons (Fsp3) is 0.100. The molecule has 0 atom stereocenters. The molecule has 64 valence electrons. The van der Waals surface area contributed by atoms with E-state index in [0.717, 1.165) is 0 Å². The van der Waals surface area contributed by atoms with Crippen LogP contribution < -0.4 is 0 Å². The van der Waals surface area contributed by atoms with E-state index in [9.17, 15) is 4.39 Å². The zero-order chi connectivity index (χ0) is 9.42. The Morgan fingerprint density at radius 2 is 2.23 bits per heavy atom. The molecular weight excluding hydrogens is 167 g/mol. The lowest BCUT2D eigenvalue weighted by Gasteiger charge is -1.90. The Morgan fingerprint density at radius 3 is 2.92 bits per heavy atom. The number of nitrogens with zero attached hydrogens (tertiary/aromatic N) is 1. The minimum Gasteiger partial charge on any atom is -0.355 e. The molecule has 0 aliphatic heterocycles. The molecule has 1 aromatic carbocycles. The monoisotopic (exact) mass is 174 g/mol. The molecule has 13 heavy (non-hydrogen) atoms. The topological polar surface area (TPSA) is 39.6 Å². The number of aromatic nitrogens is 1. The Hall–Kier alpha value is -1.82. The van der Waals surface area contributed by atoms with E-state index in [1.165, 1.54) is 6.07 Å². The number of nitriles is 1. The van der Waals surface area contributed by atoms with Gasteiger partial charge in [-0.15, -0.1) is 0 Å². The smallest absolute Gasteiger partial charge is 0.147 e. The van der Waals surface area contributed by atoms with Gasteiger partial charge in [0.15, 0.2) is 0 Å². The highest BCUT2D eigenvalue weighted by atomic mass is 19.1. The van der Waals surface area contributed by atoms with Crippen molar-refractivity contribution >= 4 is 10.9 Å².